The summed E-state index contributed by atoms with van der Waals surface area (Å²) in [7, 11) is 1.89. The monoisotopic (exact) mass is 314 g/mol. The highest BCUT2D eigenvalue weighted by atomic mass is 79.9. The van der Waals surface area contributed by atoms with Crippen LogP contribution in [-0.4, -0.2) is 37.0 Å². The molecule has 1 fully saturated rings. The Hall–Kier alpha value is -0.940. The Balaban J connectivity index is 2.20. The zero-order valence-corrected chi connectivity index (χ0v) is 11.8. The topological polar surface area (TPSA) is 32.3 Å². The third kappa shape index (κ3) is 2.72. The van der Waals surface area contributed by atoms with Gasteiger partial charge in [-0.25, -0.2) is 4.39 Å². The van der Waals surface area contributed by atoms with Crippen LogP contribution in [0.15, 0.2) is 22.7 Å². The lowest BCUT2D eigenvalue weighted by Gasteiger charge is -2.32. The average Bonchev–Trinajstić information content (AvgIpc) is 2.38. The SMILES string of the molecule is CNC1CCCN(C(=O)c2c(F)cccc2Br)C1. The first-order valence-corrected chi connectivity index (χ1v) is 6.83. The second kappa shape index (κ2) is 5.80. The number of rotatable bonds is 2. The van der Waals surface area contributed by atoms with E-state index in [1.54, 1.807) is 17.0 Å². The molecule has 18 heavy (non-hydrogen) atoms. The summed E-state index contributed by atoms with van der Waals surface area (Å²) in [6.45, 7) is 1.33. The van der Waals surface area contributed by atoms with Crippen molar-refractivity contribution in [2.24, 2.45) is 0 Å². The molecule has 1 aliphatic heterocycles. The quantitative estimate of drug-likeness (QED) is 0.909. The highest BCUT2D eigenvalue weighted by Gasteiger charge is 2.26. The molecule has 1 aliphatic rings. The number of likely N-dealkylation sites (N-methyl/N-ethyl adjacent to an activating group) is 1. The molecule has 98 valence electrons. The van der Waals surface area contributed by atoms with E-state index in [1.165, 1.54) is 6.07 Å². The number of carbonyl (C=O) groups excluding carboxylic acids is 1. The molecule has 1 unspecified atom stereocenters. The van der Waals surface area contributed by atoms with Crippen molar-refractivity contribution in [1.29, 1.82) is 0 Å². The van der Waals surface area contributed by atoms with Crippen LogP contribution in [0.2, 0.25) is 0 Å². The summed E-state index contributed by atoms with van der Waals surface area (Å²) < 4.78 is 14.3. The van der Waals surface area contributed by atoms with Gasteiger partial charge in [-0.1, -0.05) is 6.07 Å². The van der Waals surface area contributed by atoms with E-state index in [0.29, 0.717) is 23.6 Å². The molecule has 1 atom stereocenters. The van der Waals surface area contributed by atoms with E-state index >= 15 is 0 Å². The summed E-state index contributed by atoms with van der Waals surface area (Å²) in [5, 5.41) is 3.17. The Morgan fingerprint density at radius 3 is 3.00 bits per heavy atom. The van der Waals surface area contributed by atoms with Gasteiger partial charge >= 0.3 is 0 Å². The maximum atomic E-state index is 13.7. The molecule has 5 heteroatoms. The van der Waals surface area contributed by atoms with Crippen LogP contribution in [0.3, 0.4) is 0 Å². The number of piperidine rings is 1. The number of benzene rings is 1. The van der Waals surface area contributed by atoms with Gasteiger partial charge in [0.2, 0.25) is 0 Å². The van der Waals surface area contributed by atoms with Gasteiger partial charge in [-0.3, -0.25) is 4.79 Å². The minimum Gasteiger partial charge on any atom is -0.337 e. The van der Waals surface area contributed by atoms with Gasteiger partial charge in [0.05, 0.1) is 5.56 Å². The summed E-state index contributed by atoms with van der Waals surface area (Å²) >= 11 is 3.24. The fraction of sp³-hybridized carbons (Fsp3) is 0.462. The molecule has 1 heterocycles. The van der Waals surface area contributed by atoms with Crippen LogP contribution in [-0.2, 0) is 0 Å². The summed E-state index contributed by atoms with van der Waals surface area (Å²) in [5.74, 6) is -0.708. The second-order valence-corrected chi connectivity index (χ2v) is 5.33. The van der Waals surface area contributed by atoms with Crippen LogP contribution in [0.1, 0.15) is 23.2 Å². The molecule has 0 saturated carbocycles. The highest BCUT2D eigenvalue weighted by Crippen LogP contribution is 2.23. The molecular formula is C13H16BrFN2O. The molecule has 0 aromatic heterocycles. The van der Waals surface area contributed by atoms with Crippen LogP contribution >= 0.6 is 15.9 Å². The lowest BCUT2D eigenvalue weighted by molar-refractivity contribution is 0.0692. The van der Waals surface area contributed by atoms with Gasteiger partial charge in [-0.15, -0.1) is 0 Å². The summed E-state index contributed by atoms with van der Waals surface area (Å²) in [5.41, 5.74) is 0.134. The number of nitrogens with one attached hydrogen (secondary N) is 1. The molecular weight excluding hydrogens is 299 g/mol. The fourth-order valence-electron chi connectivity index (χ4n) is 2.26. The van der Waals surface area contributed by atoms with Crippen molar-refractivity contribution in [3.63, 3.8) is 0 Å². The molecule has 1 saturated heterocycles. The minimum atomic E-state index is -0.471. The van der Waals surface area contributed by atoms with E-state index in [1.807, 2.05) is 7.05 Å². The first-order valence-electron chi connectivity index (χ1n) is 6.04. The Morgan fingerprint density at radius 2 is 2.33 bits per heavy atom. The van der Waals surface area contributed by atoms with Crippen LogP contribution in [0.4, 0.5) is 4.39 Å². The van der Waals surface area contributed by atoms with E-state index < -0.39 is 5.82 Å². The van der Waals surface area contributed by atoms with Crippen molar-refractivity contribution in [3.05, 3.63) is 34.1 Å². The number of nitrogens with zero attached hydrogens (tertiary/aromatic N) is 1. The van der Waals surface area contributed by atoms with Crippen molar-refractivity contribution in [2.45, 2.75) is 18.9 Å². The molecule has 1 aromatic rings. The van der Waals surface area contributed by atoms with Gasteiger partial charge < -0.3 is 10.2 Å². The lowest BCUT2D eigenvalue weighted by atomic mass is 10.0. The number of carbonyl (C=O) groups is 1. The van der Waals surface area contributed by atoms with E-state index in [0.717, 1.165) is 12.8 Å². The minimum absolute atomic E-state index is 0.134. The number of amides is 1. The number of halogens is 2. The Kier molecular flexibility index (Phi) is 4.35. The molecule has 2 rings (SSSR count). The zero-order chi connectivity index (χ0) is 13.1. The Labute approximate surface area is 114 Å². The second-order valence-electron chi connectivity index (χ2n) is 4.48. The standard InChI is InChI=1S/C13H16BrFN2O/c1-16-9-4-3-7-17(8-9)13(18)12-10(14)5-2-6-11(12)15/h2,5-6,9,16H,3-4,7-8H2,1H3. The van der Waals surface area contributed by atoms with Gasteiger partial charge in [0.25, 0.3) is 5.91 Å². The number of hydrogen-bond acceptors (Lipinski definition) is 2. The van der Waals surface area contributed by atoms with Crippen molar-refractivity contribution in [3.8, 4) is 0 Å². The summed E-state index contributed by atoms with van der Waals surface area (Å²) in [6.07, 6.45) is 2.00. The molecule has 1 N–H and O–H groups in total. The first-order chi connectivity index (χ1) is 8.63. The van der Waals surface area contributed by atoms with Crippen molar-refractivity contribution >= 4 is 21.8 Å². The average molecular weight is 315 g/mol. The van der Waals surface area contributed by atoms with Crippen LogP contribution in [0.5, 0.6) is 0 Å². The van der Waals surface area contributed by atoms with E-state index in [2.05, 4.69) is 21.2 Å². The smallest absolute Gasteiger partial charge is 0.258 e. The van der Waals surface area contributed by atoms with Crippen molar-refractivity contribution < 1.29 is 9.18 Å². The van der Waals surface area contributed by atoms with Gasteiger partial charge in [0, 0.05) is 23.6 Å². The molecule has 0 aliphatic carbocycles. The van der Waals surface area contributed by atoms with E-state index in [-0.39, 0.29) is 11.5 Å². The van der Waals surface area contributed by atoms with E-state index in [4.69, 9.17) is 0 Å². The van der Waals surface area contributed by atoms with Crippen LogP contribution in [0.25, 0.3) is 0 Å². The summed E-state index contributed by atoms with van der Waals surface area (Å²) in [4.78, 5) is 14.0. The van der Waals surface area contributed by atoms with Gasteiger partial charge in [0.1, 0.15) is 5.82 Å². The number of hydrogen-bond donors (Lipinski definition) is 1. The van der Waals surface area contributed by atoms with Crippen LogP contribution < -0.4 is 5.32 Å². The maximum Gasteiger partial charge on any atom is 0.258 e. The van der Waals surface area contributed by atoms with Gasteiger partial charge in [-0.05, 0) is 48.0 Å². The maximum absolute atomic E-state index is 13.7. The fourth-order valence-corrected chi connectivity index (χ4v) is 2.77. The van der Waals surface area contributed by atoms with Gasteiger partial charge in [0.15, 0.2) is 0 Å². The molecule has 1 aromatic carbocycles. The lowest BCUT2D eigenvalue weighted by Crippen LogP contribution is -2.47. The molecule has 0 radical (unpaired) electrons. The number of likely N-dealkylation sites (tertiary alicyclic amines) is 1. The predicted octanol–water partition coefficient (Wildman–Crippen LogP) is 2.41. The van der Waals surface area contributed by atoms with Crippen molar-refractivity contribution in [1.82, 2.24) is 10.2 Å². The molecule has 0 spiro atoms. The Morgan fingerprint density at radius 1 is 1.56 bits per heavy atom. The zero-order valence-electron chi connectivity index (χ0n) is 10.2. The predicted molar refractivity (Wildman–Crippen MR) is 72.1 cm³/mol. The Bertz CT molecular complexity index is 432. The third-order valence-electron chi connectivity index (χ3n) is 3.29. The van der Waals surface area contributed by atoms with E-state index in [9.17, 15) is 9.18 Å². The molecule has 3 nitrogen and oxygen atoms in total. The van der Waals surface area contributed by atoms with Gasteiger partial charge in [-0.2, -0.15) is 0 Å². The largest absolute Gasteiger partial charge is 0.337 e. The first kappa shape index (κ1) is 13.5. The normalized spacial score (nSPS) is 19.9. The van der Waals surface area contributed by atoms with Crippen LogP contribution in [0, 0.1) is 5.82 Å². The molecule has 1 amide bonds. The van der Waals surface area contributed by atoms with Crippen molar-refractivity contribution in [2.75, 3.05) is 20.1 Å². The highest BCUT2D eigenvalue weighted by molar-refractivity contribution is 9.10. The third-order valence-corrected chi connectivity index (χ3v) is 3.95. The molecule has 0 bridgehead atoms. The summed E-state index contributed by atoms with van der Waals surface area (Å²) in [6, 6.07) is 4.89.